The molecule has 0 fully saturated rings. The molecule has 7 heteroatoms. The Morgan fingerprint density at radius 3 is 2.50 bits per heavy atom. The van der Waals surface area contributed by atoms with Gasteiger partial charge in [-0.05, 0) is 62.2 Å². The highest BCUT2D eigenvalue weighted by Crippen LogP contribution is 2.38. The maximum Gasteiger partial charge on any atom is 0.229 e. The number of nitrogens with one attached hydrogen (secondary N) is 2. The summed E-state index contributed by atoms with van der Waals surface area (Å²) in [7, 11) is -2.41. The van der Waals surface area contributed by atoms with Gasteiger partial charge < -0.3 is 20.1 Å². The summed E-state index contributed by atoms with van der Waals surface area (Å²) in [5, 5.41) is 7.23. The summed E-state index contributed by atoms with van der Waals surface area (Å²) in [4.78, 5) is 11.1. The maximum atomic E-state index is 12.6. The van der Waals surface area contributed by atoms with Gasteiger partial charge in [0, 0.05) is 24.6 Å². The molecule has 0 radical (unpaired) electrons. The Hall–Kier alpha value is -3.29. The molecule has 2 heterocycles. The zero-order chi connectivity index (χ0) is 21.0. The average Bonchev–Trinajstić information content (AvgIpc) is 2.75. The van der Waals surface area contributed by atoms with Gasteiger partial charge in [0.05, 0.1) is 17.1 Å². The molecule has 1 aromatic heterocycles. The molecular weight excluding hydrogens is 417 g/mol. The van der Waals surface area contributed by atoms with Crippen molar-refractivity contribution in [1.29, 1.82) is 0 Å². The van der Waals surface area contributed by atoms with Crippen molar-refractivity contribution in [3.63, 3.8) is 0 Å². The Kier molecular flexibility index (Phi) is 8.46. The Balaban J connectivity index is 0.00000181. The lowest BCUT2D eigenvalue weighted by Crippen LogP contribution is -2.26. The monoisotopic (exact) mass is 449 g/mol. The first-order chi connectivity index (χ1) is 14.5. The molecule has 1 aliphatic rings. The molecule has 0 aliphatic carbocycles. The zero-order valence-electron chi connectivity index (χ0n) is 17.1. The number of para-hydroxylation sites is 1. The molecular formula is C25H32N5OP. The highest BCUT2D eigenvalue weighted by molar-refractivity contribution is 7.70. The topological polar surface area (TPSA) is 70.2 Å². The van der Waals surface area contributed by atoms with Crippen LogP contribution in [0.5, 0.6) is 0 Å². The molecule has 6 nitrogen and oxygen atoms in total. The van der Waals surface area contributed by atoms with E-state index < -0.39 is 7.14 Å². The smallest absolute Gasteiger partial charge is 0.229 e. The second-order valence-electron chi connectivity index (χ2n) is 7.47. The van der Waals surface area contributed by atoms with Crippen LogP contribution in [0.25, 0.3) is 0 Å². The third-order valence-electron chi connectivity index (χ3n) is 4.78. The van der Waals surface area contributed by atoms with E-state index in [0.29, 0.717) is 11.8 Å². The van der Waals surface area contributed by atoms with Crippen LogP contribution >= 0.6 is 7.14 Å². The summed E-state index contributed by atoms with van der Waals surface area (Å²) < 4.78 is 12.6. The van der Waals surface area contributed by atoms with Gasteiger partial charge in [0.2, 0.25) is 5.95 Å². The van der Waals surface area contributed by atoms with Crippen LogP contribution in [0.1, 0.15) is 21.3 Å². The van der Waals surface area contributed by atoms with Gasteiger partial charge in [-0.3, -0.25) is 0 Å². The number of hydrogen-bond donors (Lipinski definition) is 2. The highest BCUT2D eigenvalue weighted by Gasteiger charge is 2.16. The van der Waals surface area contributed by atoms with Gasteiger partial charge >= 0.3 is 0 Å². The molecule has 168 valence electrons. The molecule has 0 saturated carbocycles. The summed E-state index contributed by atoms with van der Waals surface area (Å²) in [6, 6.07) is 19.7. The van der Waals surface area contributed by atoms with Gasteiger partial charge in [-0.2, -0.15) is 4.98 Å². The van der Waals surface area contributed by atoms with Crippen LogP contribution in [0.15, 0.2) is 60.8 Å². The molecule has 32 heavy (non-hydrogen) atoms. The molecule has 0 saturated heterocycles. The first-order valence-corrected chi connectivity index (χ1v) is 12.4. The van der Waals surface area contributed by atoms with Crippen molar-refractivity contribution in [3.8, 4) is 0 Å². The van der Waals surface area contributed by atoms with Crippen LogP contribution in [0, 0.1) is 12.1 Å². The van der Waals surface area contributed by atoms with Crippen molar-refractivity contribution in [1.82, 2.24) is 9.97 Å². The van der Waals surface area contributed by atoms with Crippen molar-refractivity contribution in [2.24, 2.45) is 0 Å². The van der Waals surface area contributed by atoms with Gasteiger partial charge in [-0.1, -0.05) is 39.1 Å². The molecule has 0 spiro atoms. The highest BCUT2D eigenvalue weighted by atomic mass is 31.2. The SMILES string of the molecule is C.C.CP(C)(=O)c1ccccc1Nc1ccnc(Nc2c#cc(N3CC=CCC3)cc2)n1. The van der Waals surface area contributed by atoms with Gasteiger partial charge in [0.1, 0.15) is 13.0 Å². The fourth-order valence-corrected chi connectivity index (χ4v) is 4.45. The summed E-state index contributed by atoms with van der Waals surface area (Å²) in [5.74, 6) is 1.07. The van der Waals surface area contributed by atoms with Gasteiger partial charge in [0.25, 0.3) is 0 Å². The van der Waals surface area contributed by atoms with E-state index in [4.69, 9.17) is 0 Å². The number of anilines is 5. The molecule has 4 rings (SSSR count). The molecule has 1 aliphatic heterocycles. The number of aromatic nitrogens is 2. The van der Waals surface area contributed by atoms with Gasteiger partial charge in [-0.15, -0.1) is 0 Å². The Morgan fingerprint density at radius 2 is 1.81 bits per heavy atom. The van der Waals surface area contributed by atoms with Crippen LogP contribution in [-0.2, 0) is 4.57 Å². The normalized spacial score (nSPS) is 12.8. The molecule has 2 N–H and O–H groups in total. The van der Waals surface area contributed by atoms with Crippen molar-refractivity contribution >= 4 is 41.3 Å². The third-order valence-corrected chi connectivity index (χ3v) is 6.33. The zero-order valence-corrected chi connectivity index (χ0v) is 18.0. The first-order valence-electron chi connectivity index (χ1n) is 9.85. The van der Waals surface area contributed by atoms with E-state index in [1.54, 1.807) is 25.6 Å². The van der Waals surface area contributed by atoms with Crippen LogP contribution < -0.4 is 20.8 Å². The minimum absolute atomic E-state index is 0. The van der Waals surface area contributed by atoms with E-state index >= 15 is 0 Å². The van der Waals surface area contributed by atoms with Crippen LogP contribution in [0.4, 0.5) is 28.8 Å². The van der Waals surface area contributed by atoms with Crippen molar-refractivity contribution < 1.29 is 4.57 Å². The second kappa shape index (κ2) is 10.8. The summed E-state index contributed by atoms with van der Waals surface area (Å²) >= 11 is 0. The quantitative estimate of drug-likeness (QED) is 0.363. The van der Waals surface area contributed by atoms with E-state index in [2.05, 4.69) is 49.8 Å². The second-order valence-corrected chi connectivity index (χ2v) is 10.7. The Morgan fingerprint density at radius 1 is 1.00 bits per heavy atom. The molecule has 0 atom stereocenters. The maximum absolute atomic E-state index is 12.6. The predicted octanol–water partition coefficient (Wildman–Crippen LogP) is 5.85. The van der Waals surface area contributed by atoms with E-state index in [9.17, 15) is 4.57 Å². The summed E-state index contributed by atoms with van der Waals surface area (Å²) in [6.45, 7) is 5.42. The molecule has 0 unspecified atom stereocenters. The third kappa shape index (κ3) is 6.12. The number of benzene rings is 1. The largest absolute Gasteiger partial charge is 0.361 e. The van der Waals surface area contributed by atoms with Crippen molar-refractivity contribution in [3.05, 3.63) is 72.9 Å². The minimum Gasteiger partial charge on any atom is -0.361 e. The summed E-state index contributed by atoms with van der Waals surface area (Å²) in [5.41, 5.74) is 2.56. The van der Waals surface area contributed by atoms with E-state index in [1.807, 2.05) is 36.4 Å². The average molecular weight is 450 g/mol. The van der Waals surface area contributed by atoms with Crippen molar-refractivity contribution in [2.45, 2.75) is 21.3 Å². The van der Waals surface area contributed by atoms with E-state index in [-0.39, 0.29) is 14.9 Å². The molecule has 0 amide bonds. The van der Waals surface area contributed by atoms with Gasteiger partial charge in [-0.25, -0.2) is 4.98 Å². The lowest BCUT2D eigenvalue weighted by Gasteiger charge is -2.23. The standard InChI is InChI=1S/C23H24N5OP.2CH4/c1-30(2,29)21-9-5-4-8-20(21)26-22-14-15-24-23(27-22)25-18-10-12-19(13-11-18)28-16-6-3-7-17-28;;/h3-6,8-10,12,14-15H,7,16-17H2,1-2H3,(H2,24,25,26,27);2*1H4. The van der Waals surface area contributed by atoms with Crippen LogP contribution in [0.2, 0.25) is 0 Å². The minimum atomic E-state index is -2.41. The van der Waals surface area contributed by atoms with E-state index in [0.717, 1.165) is 41.9 Å². The van der Waals surface area contributed by atoms with E-state index in [1.165, 1.54) is 0 Å². The molecule has 2 aromatic carbocycles. The predicted molar refractivity (Wildman–Crippen MR) is 138 cm³/mol. The number of hydrogen-bond acceptors (Lipinski definition) is 6. The van der Waals surface area contributed by atoms with Crippen LogP contribution in [0.3, 0.4) is 0 Å². The number of nitrogens with zero attached hydrogens (tertiary/aromatic N) is 3. The fraction of sp³-hybridized carbons (Fsp3) is 0.280. The first kappa shape index (κ1) is 25.0. The molecule has 3 aromatic rings. The lowest BCUT2D eigenvalue weighted by atomic mass is 10.2. The van der Waals surface area contributed by atoms with Crippen LogP contribution in [-0.4, -0.2) is 36.4 Å². The summed E-state index contributed by atoms with van der Waals surface area (Å²) in [6.07, 6.45) is 7.10. The lowest BCUT2D eigenvalue weighted by molar-refractivity contribution is 0.588. The Labute approximate surface area is 192 Å². The van der Waals surface area contributed by atoms with Crippen molar-refractivity contribution in [2.75, 3.05) is 42.0 Å². The number of rotatable bonds is 6. The van der Waals surface area contributed by atoms with Gasteiger partial charge in [0.15, 0.2) is 0 Å². The fourth-order valence-electron chi connectivity index (χ4n) is 3.29. The molecule has 0 bridgehead atoms. The Bertz CT molecular complexity index is 1090.